The second kappa shape index (κ2) is 6.07. The van der Waals surface area contributed by atoms with Crippen molar-refractivity contribution in [3.05, 3.63) is 34.4 Å². The highest BCUT2D eigenvalue weighted by Gasteiger charge is 2.39. The normalized spacial score (nSPS) is 24.1. The van der Waals surface area contributed by atoms with E-state index in [0.717, 1.165) is 42.4 Å². The summed E-state index contributed by atoms with van der Waals surface area (Å²) in [6, 6.07) is 5.05. The molecule has 2 fully saturated rings. The lowest BCUT2D eigenvalue weighted by atomic mass is 9.92. The number of rotatable bonds is 3. The van der Waals surface area contributed by atoms with Gasteiger partial charge in [-0.15, -0.1) is 11.3 Å². The maximum Gasteiger partial charge on any atom is 0.160 e. The fourth-order valence-corrected chi connectivity index (χ4v) is 5.32. The SMILES string of the molecule is Cc1ccc(CN2CCC3CCN(c4ncnc5[nH]ncc45)C3C2)s1. The molecule has 3 aromatic heterocycles. The third-order valence-electron chi connectivity index (χ3n) is 5.62. The van der Waals surface area contributed by atoms with Crippen molar-refractivity contribution in [3.63, 3.8) is 0 Å². The van der Waals surface area contributed by atoms with Crippen LogP contribution in [0.25, 0.3) is 11.0 Å². The fraction of sp³-hybridized carbons (Fsp3) is 0.500. The molecule has 3 aromatic rings. The molecule has 6 nitrogen and oxygen atoms in total. The Morgan fingerprint density at radius 2 is 2.16 bits per heavy atom. The summed E-state index contributed by atoms with van der Waals surface area (Å²) in [5.74, 6) is 1.82. The van der Waals surface area contributed by atoms with E-state index in [1.54, 1.807) is 6.33 Å². The van der Waals surface area contributed by atoms with E-state index >= 15 is 0 Å². The number of aryl methyl sites for hydroxylation is 1. The Morgan fingerprint density at radius 3 is 3.04 bits per heavy atom. The smallest absolute Gasteiger partial charge is 0.160 e. The third kappa shape index (κ3) is 2.71. The minimum absolute atomic E-state index is 0.544. The molecular weight excluding hydrogens is 332 g/mol. The number of thiophene rings is 1. The maximum atomic E-state index is 4.60. The summed E-state index contributed by atoms with van der Waals surface area (Å²) < 4.78 is 0. The van der Waals surface area contributed by atoms with E-state index in [1.165, 1.54) is 29.1 Å². The second-order valence-corrected chi connectivity index (χ2v) is 8.55. The van der Waals surface area contributed by atoms with Gasteiger partial charge < -0.3 is 4.90 Å². The quantitative estimate of drug-likeness (QED) is 0.784. The van der Waals surface area contributed by atoms with Crippen molar-refractivity contribution in [2.45, 2.75) is 32.4 Å². The molecule has 2 unspecified atom stereocenters. The van der Waals surface area contributed by atoms with Crippen LogP contribution in [0.15, 0.2) is 24.7 Å². The highest BCUT2D eigenvalue weighted by molar-refractivity contribution is 7.11. The monoisotopic (exact) mass is 354 g/mol. The molecule has 2 aliphatic heterocycles. The first-order valence-electron chi connectivity index (χ1n) is 8.96. The van der Waals surface area contributed by atoms with Gasteiger partial charge in [0.15, 0.2) is 5.65 Å². The van der Waals surface area contributed by atoms with Gasteiger partial charge in [-0.05, 0) is 44.4 Å². The number of fused-ring (bicyclic) bond motifs is 2. The van der Waals surface area contributed by atoms with Crippen LogP contribution in [0.2, 0.25) is 0 Å². The van der Waals surface area contributed by atoms with Crippen molar-refractivity contribution in [3.8, 4) is 0 Å². The Balaban J connectivity index is 1.39. The average molecular weight is 354 g/mol. The molecule has 0 amide bonds. The predicted molar refractivity (Wildman–Crippen MR) is 99.9 cm³/mol. The van der Waals surface area contributed by atoms with Gasteiger partial charge >= 0.3 is 0 Å². The standard InChI is InChI=1S/C18H22N6S/c1-12-2-3-14(25-12)9-23-6-4-13-5-7-24(16(13)10-23)18-15-8-21-22-17(15)19-11-20-18/h2-3,8,11,13,16H,4-7,9-10H2,1H3,(H,19,20,21,22). The second-order valence-electron chi connectivity index (χ2n) is 7.18. The minimum Gasteiger partial charge on any atom is -0.351 e. The highest BCUT2D eigenvalue weighted by atomic mass is 32.1. The number of aromatic nitrogens is 4. The molecule has 2 saturated heterocycles. The molecule has 5 rings (SSSR count). The van der Waals surface area contributed by atoms with Crippen molar-refractivity contribution in [1.82, 2.24) is 25.1 Å². The van der Waals surface area contributed by atoms with Gasteiger partial charge in [-0.1, -0.05) is 0 Å². The van der Waals surface area contributed by atoms with Gasteiger partial charge in [0, 0.05) is 35.4 Å². The molecule has 0 radical (unpaired) electrons. The number of H-pyrrole nitrogens is 1. The Bertz CT molecular complexity index is 886. The molecule has 5 heterocycles. The van der Waals surface area contributed by atoms with E-state index < -0.39 is 0 Å². The van der Waals surface area contributed by atoms with Crippen LogP contribution >= 0.6 is 11.3 Å². The maximum absolute atomic E-state index is 4.60. The number of hydrogen-bond acceptors (Lipinski definition) is 6. The first-order valence-corrected chi connectivity index (χ1v) is 9.78. The Morgan fingerprint density at radius 1 is 1.24 bits per heavy atom. The summed E-state index contributed by atoms with van der Waals surface area (Å²) in [7, 11) is 0. The lowest BCUT2D eigenvalue weighted by Crippen LogP contribution is -2.48. The lowest BCUT2D eigenvalue weighted by molar-refractivity contribution is 0.169. The van der Waals surface area contributed by atoms with Crippen LogP contribution in [0.4, 0.5) is 5.82 Å². The number of aromatic amines is 1. The topological polar surface area (TPSA) is 60.9 Å². The Kier molecular flexibility index (Phi) is 3.71. The zero-order valence-electron chi connectivity index (χ0n) is 14.4. The molecular formula is C18H22N6S. The fourth-order valence-electron chi connectivity index (χ4n) is 4.38. The lowest BCUT2D eigenvalue weighted by Gasteiger charge is -2.38. The molecule has 0 saturated carbocycles. The summed E-state index contributed by atoms with van der Waals surface area (Å²) in [6.45, 7) is 6.66. The van der Waals surface area contributed by atoms with E-state index in [2.05, 4.69) is 49.0 Å². The first kappa shape index (κ1) is 15.3. The molecule has 130 valence electrons. The van der Waals surface area contributed by atoms with Crippen LogP contribution < -0.4 is 4.90 Å². The molecule has 0 bridgehead atoms. The average Bonchev–Trinajstić information content (AvgIpc) is 3.34. The number of likely N-dealkylation sites (tertiary alicyclic amines) is 1. The van der Waals surface area contributed by atoms with E-state index in [9.17, 15) is 0 Å². The van der Waals surface area contributed by atoms with Crippen LogP contribution in [0.3, 0.4) is 0 Å². The van der Waals surface area contributed by atoms with Gasteiger partial charge in [-0.2, -0.15) is 5.10 Å². The van der Waals surface area contributed by atoms with Crippen LogP contribution in [-0.2, 0) is 6.54 Å². The van der Waals surface area contributed by atoms with E-state index in [4.69, 9.17) is 0 Å². The molecule has 7 heteroatoms. The van der Waals surface area contributed by atoms with Crippen molar-refractivity contribution >= 4 is 28.2 Å². The number of hydrogen-bond donors (Lipinski definition) is 1. The number of nitrogens with zero attached hydrogens (tertiary/aromatic N) is 5. The highest BCUT2D eigenvalue weighted by Crippen LogP contribution is 2.36. The zero-order chi connectivity index (χ0) is 16.8. The van der Waals surface area contributed by atoms with Gasteiger partial charge in [-0.25, -0.2) is 9.97 Å². The first-order chi connectivity index (χ1) is 12.3. The molecule has 0 spiro atoms. The Labute approximate surface area is 150 Å². The zero-order valence-corrected chi connectivity index (χ0v) is 15.2. The van der Waals surface area contributed by atoms with Gasteiger partial charge in [0.2, 0.25) is 0 Å². The molecule has 25 heavy (non-hydrogen) atoms. The summed E-state index contributed by atoms with van der Waals surface area (Å²) in [6.07, 6.45) is 6.05. The van der Waals surface area contributed by atoms with Crippen molar-refractivity contribution in [2.75, 3.05) is 24.5 Å². The molecule has 2 atom stereocenters. The third-order valence-corrected chi connectivity index (χ3v) is 6.61. The Hall–Kier alpha value is -1.99. The van der Waals surface area contributed by atoms with Crippen LogP contribution in [0.5, 0.6) is 0 Å². The van der Waals surface area contributed by atoms with E-state index in [0.29, 0.717) is 6.04 Å². The van der Waals surface area contributed by atoms with Crippen molar-refractivity contribution in [1.29, 1.82) is 0 Å². The van der Waals surface area contributed by atoms with Gasteiger partial charge in [0.25, 0.3) is 0 Å². The van der Waals surface area contributed by atoms with E-state index in [-0.39, 0.29) is 0 Å². The summed E-state index contributed by atoms with van der Waals surface area (Å²) in [5, 5.41) is 8.15. The number of nitrogens with one attached hydrogen (secondary N) is 1. The van der Waals surface area contributed by atoms with Crippen LogP contribution in [0.1, 0.15) is 22.6 Å². The van der Waals surface area contributed by atoms with Gasteiger partial charge in [0.1, 0.15) is 12.1 Å². The molecule has 2 aliphatic rings. The number of piperidine rings is 1. The summed E-state index contributed by atoms with van der Waals surface area (Å²) in [4.78, 5) is 16.9. The largest absolute Gasteiger partial charge is 0.351 e. The van der Waals surface area contributed by atoms with E-state index in [1.807, 2.05) is 17.5 Å². The van der Waals surface area contributed by atoms with Crippen molar-refractivity contribution in [2.24, 2.45) is 5.92 Å². The molecule has 1 N–H and O–H groups in total. The summed E-state index contributed by atoms with van der Waals surface area (Å²) >= 11 is 1.92. The van der Waals surface area contributed by atoms with Crippen molar-refractivity contribution < 1.29 is 0 Å². The molecule has 0 aromatic carbocycles. The predicted octanol–water partition coefficient (Wildman–Crippen LogP) is 2.82. The van der Waals surface area contributed by atoms with Gasteiger partial charge in [-0.3, -0.25) is 10.00 Å². The minimum atomic E-state index is 0.544. The number of anilines is 1. The van der Waals surface area contributed by atoms with Crippen LogP contribution in [0, 0.1) is 12.8 Å². The molecule has 0 aliphatic carbocycles. The van der Waals surface area contributed by atoms with Crippen LogP contribution in [-0.4, -0.2) is 50.7 Å². The summed E-state index contributed by atoms with van der Waals surface area (Å²) in [5.41, 5.74) is 0.829. The van der Waals surface area contributed by atoms with Gasteiger partial charge in [0.05, 0.1) is 11.6 Å².